The average Bonchev–Trinajstić information content (AvgIpc) is 2.31. The monoisotopic (exact) mass is 290 g/mol. The fraction of sp³-hybridized carbons (Fsp3) is 0.727. The highest BCUT2D eigenvalue weighted by atomic mass is 19.4. The zero-order valence-corrected chi connectivity index (χ0v) is 10.5. The highest BCUT2D eigenvalue weighted by molar-refractivity contribution is 5.81. The van der Waals surface area contributed by atoms with Gasteiger partial charge in [-0.3, -0.25) is 0 Å². The highest BCUT2D eigenvalue weighted by Gasteiger charge is 2.67. The predicted molar refractivity (Wildman–Crippen MR) is 56.5 cm³/mol. The molecule has 8 heteroatoms. The summed E-state index contributed by atoms with van der Waals surface area (Å²) in [5.74, 6) is -6.30. The van der Waals surface area contributed by atoms with Gasteiger partial charge in [0.2, 0.25) is 0 Å². The number of ether oxygens (including phenoxy) is 2. The molecule has 3 nitrogen and oxygen atoms in total. The molecule has 0 bridgehead atoms. The van der Waals surface area contributed by atoms with Gasteiger partial charge >= 0.3 is 24.4 Å². The van der Waals surface area contributed by atoms with Gasteiger partial charge in [0.05, 0.1) is 6.61 Å². The lowest BCUT2D eigenvalue weighted by Gasteiger charge is -2.34. The van der Waals surface area contributed by atoms with E-state index in [-0.39, 0.29) is 0 Å². The van der Waals surface area contributed by atoms with Crippen molar-refractivity contribution in [1.29, 1.82) is 0 Å². The van der Waals surface area contributed by atoms with Gasteiger partial charge in [-0.2, -0.15) is 13.2 Å². The van der Waals surface area contributed by atoms with Gasteiger partial charge in [0.15, 0.2) is 0 Å². The van der Waals surface area contributed by atoms with E-state index in [4.69, 9.17) is 0 Å². The van der Waals surface area contributed by atoms with Crippen LogP contribution >= 0.6 is 0 Å². The summed E-state index contributed by atoms with van der Waals surface area (Å²) in [6, 6.07) is 0. The summed E-state index contributed by atoms with van der Waals surface area (Å²) >= 11 is 0. The Morgan fingerprint density at radius 2 is 1.89 bits per heavy atom. The molecule has 0 heterocycles. The molecule has 0 aliphatic rings. The number of alkyl halides is 5. The number of rotatable bonds is 7. The van der Waals surface area contributed by atoms with E-state index in [0.717, 1.165) is 0 Å². The minimum Gasteiger partial charge on any atom is -0.415 e. The molecule has 0 aromatic carbocycles. The van der Waals surface area contributed by atoms with E-state index in [2.05, 4.69) is 16.1 Å². The van der Waals surface area contributed by atoms with Crippen LogP contribution in [0.15, 0.2) is 12.7 Å². The molecule has 0 N–H and O–H groups in total. The minimum atomic E-state index is -5.56. The molecule has 0 saturated carbocycles. The zero-order valence-electron chi connectivity index (χ0n) is 10.5. The highest BCUT2D eigenvalue weighted by Crippen LogP contribution is 2.40. The van der Waals surface area contributed by atoms with Crippen molar-refractivity contribution in [2.45, 2.75) is 38.7 Å². The molecule has 0 rings (SSSR count). The molecular weight excluding hydrogens is 275 g/mol. The molecule has 19 heavy (non-hydrogen) atoms. The lowest BCUT2D eigenvalue weighted by Crippen LogP contribution is -2.57. The molecule has 2 unspecified atom stereocenters. The Hall–Kier alpha value is -1.18. The molecule has 0 aromatic heterocycles. The number of hydrogen-bond acceptors (Lipinski definition) is 3. The SMILES string of the molecule is C=CC(=O)OC(OCC(C)CC)(C(F)F)C(F)(F)F. The molecule has 0 radical (unpaired) electrons. The minimum absolute atomic E-state index is 0.357. The standard InChI is InChI=1S/C11H15F5O3/c1-4-7(3)6-18-10(9(12)13,11(14,15)16)19-8(17)5-2/h5,7,9H,2,4,6H2,1,3H3. The largest absolute Gasteiger partial charge is 0.462 e. The maximum absolute atomic E-state index is 12.8. The topological polar surface area (TPSA) is 35.5 Å². The van der Waals surface area contributed by atoms with Crippen molar-refractivity contribution in [2.75, 3.05) is 6.61 Å². The Morgan fingerprint density at radius 1 is 1.37 bits per heavy atom. The van der Waals surface area contributed by atoms with Crippen molar-refractivity contribution in [1.82, 2.24) is 0 Å². The van der Waals surface area contributed by atoms with Gasteiger partial charge in [-0.15, -0.1) is 0 Å². The van der Waals surface area contributed by atoms with E-state index in [1.165, 1.54) is 6.92 Å². The number of esters is 1. The second-order valence-corrected chi connectivity index (χ2v) is 3.92. The predicted octanol–water partition coefficient (Wildman–Crippen LogP) is 3.30. The van der Waals surface area contributed by atoms with Crippen LogP contribution in [-0.4, -0.2) is 31.0 Å². The van der Waals surface area contributed by atoms with Crippen LogP contribution in [0.2, 0.25) is 0 Å². The van der Waals surface area contributed by atoms with Crippen LogP contribution in [0.5, 0.6) is 0 Å². The van der Waals surface area contributed by atoms with Gasteiger partial charge in [-0.25, -0.2) is 13.6 Å². The summed E-state index contributed by atoms with van der Waals surface area (Å²) in [6.45, 7) is 5.40. The van der Waals surface area contributed by atoms with Crippen LogP contribution in [0.3, 0.4) is 0 Å². The van der Waals surface area contributed by atoms with Crippen LogP contribution in [0.25, 0.3) is 0 Å². The van der Waals surface area contributed by atoms with E-state index in [1.54, 1.807) is 6.92 Å². The van der Waals surface area contributed by atoms with Gasteiger partial charge in [0, 0.05) is 6.08 Å². The van der Waals surface area contributed by atoms with Crippen LogP contribution in [0, 0.1) is 5.92 Å². The normalized spacial score (nSPS) is 16.8. The Labute approximate surface area is 107 Å². The van der Waals surface area contributed by atoms with Gasteiger partial charge in [-0.1, -0.05) is 26.8 Å². The van der Waals surface area contributed by atoms with Crippen molar-refractivity contribution in [3.8, 4) is 0 Å². The van der Waals surface area contributed by atoms with Crippen molar-refractivity contribution in [3.63, 3.8) is 0 Å². The Kier molecular flexibility index (Phi) is 6.41. The number of hydrogen-bond donors (Lipinski definition) is 0. The third-order valence-corrected chi connectivity index (χ3v) is 2.38. The summed E-state index contributed by atoms with van der Waals surface area (Å²) in [5.41, 5.74) is 0. The van der Waals surface area contributed by atoms with Crippen LogP contribution in [-0.2, 0) is 14.3 Å². The molecule has 0 fully saturated rings. The summed E-state index contributed by atoms with van der Waals surface area (Å²) < 4.78 is 71.7. The van der Waals surface area contributed by atoms with E-state index in [1.807, 2.05) is 0 Å². The van der Waals surface area contributed by atoms with Crippen molar-refractivity contribution < 1.29 is 36.2 Å². The zero-order chi connectivity index (χ0) is 15.3. The number of carbonyl (C=O) groups is 1. The van der Waals surface area contributed by atoms with E-state index >= 15 is 0 Å². The molecule has 0 saturated heterocycles. The van der Waals surface area contributed by atoms with Gasteiger partial charge < -0.3 is 9.47 Å². The van der Waals surface area contributed by atoms with Gasteiger partial charge in [0.25, 0.3) is 0 Å². The Balaban J connectivity index is 5.27. The number of halogens is 5. The first-order valence-electron chi connectivity index (χ1n) is 5.45. The summed E-state index contributed by atoms with van der Waals surface area (Å²) in [4.78, 5) is 10.8. The Morgan fingerprint density at radius 3 is 2.21 bits per heavy atom. The smallest absolute Gasteiger partial charge is 0.415 e. The third kappa shape index (κ3) is 4.45. The second kappa shape index (κ2) is 6.83. The third-order valence-electron chi connectivity index (χ3n) is 2.38. The maximum atomic E-state index is 12.8. The molecule has 2 atom stereocenters. The first kappa shape index (κ1) is 17.8. The van der Waals surface area contributed by atoms with E-state index in [9.17, 15) is 26.7 Å². The molecular formula is C11H15F5O3. The van der Waals surface area contributed by atoms with Crippen LogP contribution in [0.1, 0.15) is 20.3 Å². The van der Waals surface area contributed by atoms with Crippen molar-refractivity contribution in [2.24, 2.45) is 5.92 Å². The quantitative estimate of drug-likeness (QED) is 0.312. The average molecular weight is 290 g/mol. The van der Waals surface area contributed by atoms with Crippen LogP contribution < -0.4 is 0 Å². The van der Waals surface area contributed by atoms with Gasteiger partial charge in [0.1, 0.15) is 0 Å². The molecule has 0 spiro atoms. The Bertz CT molecular complexity index is 316. The maximum Gasteiger partial charge on any atom is 0.462 e. The van der Waals surface area contributed by atoms with Crippen molar-refractivity contribution >= 4 is 5.97 Å². The van der Waals surface area contributed by atoms with Crippen LogP contribution in [0.4, 0.5) is 22.0 Å². The van der Waals surface area contributed by atoms with E-state index < -0.39 is 36.9 Å². The van der Waals surface area contributed by atoms with Gasteiger partial charge in [-0.05, 0) is 5.92 Å². The van der Waals surface area contributed by atoms with Crippen molar-refractivity contribution in [3.05, 3.63) is 12.7 Å². The van der Waals surface area contributed by atoms with E-state index in [0.29, 0.717) is 12.5 Å². The molecule has 0 amide bonds. The number of carbonyl (C=O) groups excluding carboxylic acids is 1. The molecule has 0 aliphatic heterocycles. The first-order chi connectivity index (χ1) is 8.60. The molecule has 0 aliphatic carbocycles. The fourth-order valence-corrected chi connectivity index (χ4v) is 0.975. The summed E-state index contributed by atoms with van der Waals surface area (Å²) in [5, 5.41) is 0. The first-order valence-corrected chi connectivity index (χ1v) is 5.45. The second-order valence-electron chi connectivity index (χ2n) is 3.92. The fourth-order valence-electron chi connectivity index (χ4n) is 0.975. The summed E-state index contributed by atoms with van der Waals surface area (Å²) in [7, 11) is 0. The molecule has 0 aromatic rings. The lowest BCUT2D eigenvalue weighted by molar-refractivity contribution is -0.401. The summed E-state index contributed by atoms with van der Waals surface area (Å²) in [6.07, 6.45) is -8.85. The molecule has 112 valence electrons. The lowest BCUT2D eigenvalue weighted by atomic mass is 10.1.